The van der Waals surface area contributed by atoms with Crippen LogP contribution in [0.1, 0.15) is 26.3 Å². The maximum atomic E-state index is 12.4. The Morgan fingerprint density at radius 1 is 1.35 bits per heavy atom. The molecule has 0 aliphatic carbocycles. The van der Waals surface area contributed by atoms with E-state index < -0.39 is 0 Å². The van der Waals surface area contributed by atoms with E-state index in [0.29, 0.717) is 24.0 Å². The molecule has 0 fully saturated rings. The summed E-state index contributed by atoms with van der Waals surface area (Å²) in [6.07, 6.45) is 5.26. The topological polar surface area (TPSA) is 76.8 Å². The molecule has 0 atom stereocenters. The Hall–Kier alpha value is -2.09. The van der Waals surface area contributed by atoms with E-state index in [-0.39, 0.29) is 17.6 Å². The van der Waals surface area contributed by atoms with Crippen LogP contribution in [0.5, 0.6) is 0 Å². The molecule has 0 saturated heterocycles. The standard InChI is InChI=1S/C15H20N4O3S/c1-4-18-9-11(8-16-18)7-12-14(21)19(5-2)15(17-12)23-10-13(20)22-6-3/h7-9H,4-6,10H2,1-3H3/b12-7-. The van der Waals surface area contributed by atoms with Crippen LogP contribution in [0.3, 0.4) is 0 Å². The third-order valence-corrected chi connectivity index (χ3v) is 4.08. The lowest BCUT2D eigenvalue weighted by molar-refractivity contribution is -0.139. The molecule has 1 aromatic heterocycles. The zero-order valence-corrected chi connectivity index (χ0v) is 14.3. The average Bonchev–Trinajstić information content (AvgIpc) is 3.11. The number of aryl methyl sites for hydroxylation is 1. The fourth-order valence-corrected chi connectivity index (χ4v) is 2.89. The monoisotopic (exact) mass is 336 g/mol. The molecule has 1 aliphatic rings. The van der Waals surface area contributed by atoms with Crippen LogP contribution in [0.4, 0.5) is 0 Å². The molecule has 0 saturated carbocycles. The van der Waals surface area contributed by atoms with Gasteiger partial charge in [-0.25, -0.2) is 4.99 Å². The van der Waals surface area contributed by atoms with Crippen LogP contribution in [0.25, 0.3) is 6.08 Å². The van der Waals surface area contributed by atoms with E-state index in [9.17, 15) is 9.59 Å². The number of aliphatic imine (C=N–C) groups is 1. The molecular weight excluding hydrogens is 316 g/mol. The Balaban J connectivity index is 2.14. The quantitative estimate of drug-likeness (QED) is 0.584. The summed E-state index contributed by atoms with van der Waals surface area (Å²) in [5.74, 6) is -0.342. The van der Waals surface area contributed by atoms with Gasteiger partial charge in [-0.3, -0.25) is 19.2 Å². The molecule has 1 aliphatic heterocycles. The first-order valence-corrected chi connectivity index (χ1v) is 8.50. The Morgan fingerprint density at radius 2 is 2.13 bits per heavy atom. The zero-order valence-electron chi connectivity index (χ0n) is 13.5. The van der Waals surface area contributed by atoms with Crippen molar-refractivity contribution in [3.8, 4) is 0 Å². The number of likely N-dealkylation sites (N-methyl/N-ethyl adjacent to an activating group) is 1. The summed E-state index contributed by atoms with van der Waals surface area (Å²) in [4.78, 5) is 29.8. The number of amidine groups is 1. The number of amides is 1. The number of esters is 1. The number of carbonyl (C=O) groups excluding carboxylic acids is 2. The van der Waals surface area contributed by atoms with Gasteiger partial charge in [-0.05, 0) is 26.8 Å². The molecule has 0 spiro atoms. The van der Waals surface area contributed by atoms with Crippen molar-refractivity contribution >= 4 is 34.9 Å². The Kier molecular flexibility index (Phi) is 5.97. The van der Waals surface area contributed by atoms with Crippen molar-refractivity contribution in [1.29, 1.82) is 0 Å². The van der Waals surface area contributed by atoms with Crippen LogP contribution < -0.4 is 0 Å². The molecule has 0 radical (unpaired) electrons. The number of hydrogen-bond acceptors (Lipinski definition) is 6. The second-order valence-corrected chi connectivity index (χ2v) is 5.64. The molecule has 1 aromatic rings. The molecule has 2 heterocycles. The summed E-state index contributed by atoms with van der Waals surface area (Å²) in [5, 5.41) is 4.70. The van der Waals surface area contributed by atoms with Crippen molar-refractivity contribution in [1.82, 2.24) is 14.7 Å². The summed E-state index contributed by atoms with van der Waals surface area (Å²) in [6, 6.07) is 0. The van der Waals surface area contributed by atoms with Gasteiger partial charge in [0.05, 0.1) is 18.6 Å². The molecule has 1 amide bonds. The highest BCUT2D eigenvalue weighted by Gasteiger charge is 2.29. The normalized spacial score (nSPS) is 16.1. The minimum atomic E-state index is -0.314. The smallest absolute Gasteiger partial charge is 0.316 e. The predicted octanol–water partition coefficient (Wildman–Crippen LogP) is 1.76. The Morgan fingerprint density at radius 3 is 2.74 bits per heavy atom. The lowest BCUT2D eigenvalue weighted by Gasteiger charge is -2.14. The summed E-state index contributed by atoms with van der Waals surface area (Å²) in [5.41, 5.74) is 1.18. The number of thioether (sulfide) groups is 1. The van der Waals surface area contributed by atoms with Gasteiger partial charge in [0.25, 0.3) is 5.91 Å². The number of nitrogens with zero attached hydrogens (tertiary/aromatic N) is 4. The SMILES string of the molecule is CCOC(=O)CSC1=N/C(=C\c2cnn(CC)c2)C(=O)N1CC. The first kappa shape index (κ1) is 17.3. The first-order valence-electron chi connectivity index (χ1n) is 7.52. The van der Waals surface area contributed by atoms with Crippen LogP contribution in [-0.2, 0) is 20.9 Å². The molecule has 0 bridgehead atoms. The number of hydrogen-bond donors (Lipinski definition) is 0. The van der Waals surface area contributed by atoms with Gasteiger partial charge < -0.3 is 4.74 Å². The third-order valence-electron chi connectivity index (χ3n) is 3.13. The van der Waals surface area contributed by atoms with E-state index in [1.54, 1.807) is 28.8 Å². The van der Waals surface area contributed by atoms with Gasteiger partial charge in [-0.1, -0.05) is 11.8 Å². The third kappa shape index (κ3) is 4.22. The second kappa shape index (κ2) is 7.96. The largest absolute Gasteiger partial charge is 0.465 e. The van der Waals surface area contributed by atoms with Gasteiger partial charge in [-0.2, -0.15) is 5.10 Å². The van der Waals surface area contributed by atoms with Gasteiger partial charge >= 0.3 is 5.97 Å². The number of aromatic nitrogens is 2. The molecule has 0 N–H and O–H groups in total. The predicted molar refractivity (Wildman–Crippen MR) is 89.8 cm³/mol. The van der Waals surface area contributed by atoms with Crippen molar-refractivity contribution in [3.63, 3.8) is 0 Å². The van der Waals surface area contributed by atoms with Crippen molar-refractivity contribution in [3.05, 3.63) is 23.7 Å². The van der Waals surface area contributed by atoms with E-state index in [1.165, 1.54) is 11.8 Å². The van der Waals surface area contributed by atoms with Crippen molar-refractivity contribution in [2.24, 2.45) is 4.99 Å². The van der Waals surface area contributed by atoms with Gasteiger partial charge in [0.1, 0.15) is 5.70 Å². The highest BCUT2D eigenvalue weighted by Crippen LogP contribution is 2.23. The molecule has 2 rings (SSSR count). The van der Waals surface area contributed by atoms with Crippen molar-refractivity contribution in [2.75, 3.05) is 18.9 Å². The Labute approximate surface area is 139 Å². The van der Waals surface area contributed by atoms with E-state index in [4.69, 9.17) is 4.74 Å². The lowest BCUT2D eigenvalue weighted by atomic mass is 10.3. The number of rotatable bonds is 6. The van der Waals surface area contributed by atoms with Crippen LogP contribution in [0, 0.1) is 0 Å². The molecule has 8 heteroatoms. The molecule has 0 unspecified atom stereocenters. The molecular formula is C15H20N4O3S. The van der Waals surface area contributed by atoms with E-state index >= 15 is 0 Å². The molecule has 7 nitrogen and oxygen atoms in total. The van der Waals surface area contributed by atoms with Gasteiger partial charge in [0.15, 0.2) is 5.17 Å². The maximum Gasteiger partial charge on any atom is 0.316 e. The van der Waals surface area contributed by atoms with E-state index in [1.807, 2.05) is 20.0 Å². The van der Waals surface area contributed by atoms with Crippen LogP contribution in [0.15, 0.2) is 23.1 Å². The van der Waals surface area contributed by atoms with Crippen LogP contribution in [-0.4, -0.2) is 50.6 Å². The van der Waals surface area contributed by atoms with Gasteiger partial charge in [-0.15, -0.1) is 0 Å². The highest BCUT2D eigenvalue weighted by molar-refractivity contribution is 8.14. The second-order valence-electron chi connectivity index (χ2n) is 4.70. The summed E-state index contributed by atoms with van der Waals surface area (Å²) >= 11 is 1.21. The van der Waals surface area contributed by atoms with Crippen molar-refractivity contribution in [2.45, 2.75) is 27.3 Å². The highest BCUT2D eigenvalue weighted by atomic mass is 32.2. The van der Waals surface area contributed by atoms with Crippen LogP contribution >= 0.6 is 11.8 Å². The van der Waals surface area contributed by atoms with Gasteiger partial charge in [0.2, 0.25) is 0 Å². The number of ether oxygens (including phenoxy) is 1. The van der Waals surface area contributed by atoms with Crippen LogP contribution in [0.2, 0.25) is 0 Å². The molecule has 23 heavy (non-hydrogen) atoms. The van der Waals surface area contributed by atoms with Crippen molar-refractivity contribution < 1.29 is 14.3 Å². The van der Waals surface area contributed by atoms with E-state index in [2.05, 4.69) is 10.1 Å². The summed E-state index contributed by atoms with van der Waals surface area (Å²) < 4.78 is 6.67. The Bertz CT molecular complexity index is 651. The van der Waals surface area contributed by atoms with E-state index in [0.717, 1.165) is 12.1 Å². The summed E-state index contributed by atoms with van der Waals surface area (Å²) in [6.45, 7) is 7.23. The fraction of sp³-hybridized carbons (Fsp3) is 0.467. The zero-order chi connectivity index (χ0) is 16.8. The first-order chi connectivity index (χ1) is 11.1. The molecule has 0 aromatic carbocycles. The average molecular weight is 336 g/mol. The summed E-state index contributed by atoms with van der Waals surface area (Å²) in [7, 11) is 0. The lowest BCUT2D eigenvalue weighted by Crippen LogP contribution is -2.30. The minimum Gasteiger partial charge on any atom is -0.465 e. The van der Waals surface area contributed by atoms with Gasteiger partial charge in [0, 0.05) is 24.8 Å². The maximum absolute atomic E-state index is 12.4. The number of carbonyl (C=O) groups is 2. The molecule has 124 valence electrons. The fourth-order valence-electron chi connectivity index (χ4n) is 2.03. The minimum absolute atomic E-state index is 0.136.